The van der Waals surface area contributed by atoms with E-state index in [1.165, 1.54) is 0 Å². The van der Waals surface area contributed by atoms with E-state index >= 15 is 0 Å². The van der Waals surface area contributed by atoms with Crippen molar-refractivity contribution in [1.82, 2.24) is 0 Å². The molecule has 4 heteroatoms. The van der Waals surface area contributed by atoms with E-state index in [-0.39, 0.29) is 25.4 Å². The van der Waals surface area contributed by atoms with Gasteiger partial charge in [-0.3, -0.25) is 0 Å². The summed E-state index contributed by atoms with van der Waals surface area (Å²) in [5, 5.41) is 17.3. The molecule has 0 aromatic rings. The Hall–Kier alpha value is -0.160. The van der Waals surface area contributed by atoms with Gasteiger partial charge in [0.05, 0.1) is 25.4 Å². The number of hydrogen-bond acceptors (Lipinski definition) is 4. The highest BCUT2D eigenvalue weighted by atomic mass is 16.5. The third kappa shape index (κ3) is 8.44. The molecule has 0 saturated heterocycles. The topological polar surface area (TPSA) is 58.9 Å². The molecule has 0 saturated carbocycles. The van der Waals surface area contributed by atoms with Crippen LogP contribution in [0, 0.1) is 0 Å². The first-order valence-electron chi connectivity index (χ1n) is 5.15. The number of aliphatic hydroxyl groups excluding tert-OH is 2. The Balaban J connectivity index is 3.06. The van der Waals surface area contributed by atoms with E-state index in [9.17, 15) is 0 Å². The predicted molar refractivity (Wildman–Crippen MR) is 54.2 cm³/mol. The first kappa shape index (κ1) is 13.8. The van der Waals surface area contributed by atoms with Crippen molar-refractivity contribution in [1.29, 1.82) is 0 Å². The van der Waals surface area contributed by atoms with Gasteiger partial charge in [-0.2, -0.15) is 0 Å². The van der Waals surface area contributed by atoms with Gasteiger partial charge in [-0.25, -0.2) is 0 Å². The molecule has 4 nitrogen and oxygen atoms in total. The molecular formula is C10H22O4. The smallest absolute Gasteiger partial charge is 0.0777 e. The monoisotopic (exact) mass is 206 g/mol. The minimum Gasteiger partial charge on any atom is -0.394 e. The predicted octanol–water partition coefficient (Wildman–Crippen LogP) is 0.561. The fraction of sp³-hybridized carbons (Fsp3) is 1.00. The molecule has 0 aromatic carbocycles. The Labute approximate surface area is 85.8 Å². The number of rotatable bonds is 9. The summed E-state index contributed by atoms with van der Waals surface area (Å²) in [4.78, 5) is 0. The molecule has 2 unspecified atom stereocenters. The van der Waals surface area contributed by atoms with E-state index in [4.69, 9.17) is 19.7 Å². The van der Waals surface area contributed by atoms with Crippen molar-refractivity contribution < 1.29 is 19.7 Å². The van der Waals surface area contributed by atoms with Gasteiger partial charge in [-0.05, 0) is 26.7 Å². The Kier molecular flexibility index (Phi) is 9.29. The Morgan fingerprint density at radius 3 is 1.50 bits per heavy atom. The second-order valence-corrected chi connectivity index (χ2v) is 3.44. The summed E-state index contributed by atoms with van der Waals surface area (Å²) in [6, 6.07) is 0. The van der Waals surface area contributed by atoms with Crippen LogP contribution < -0.4 is 0 Å². The normalized spacial score (nSPS) is 15.4. The maximum atomic E-state index is 8.66. The van der Waals surface area contributed by atoms with Crippen molar-refractivity contribution in [2.75, 3.05) is 26.4 Å². The largest absolute Gasteiger partial charge is 0.394 e. The third-order valence-electron chi connectivity index (χ3n) is 1.86. The zero-order valence-electron chi connectivity index (χ0n) is 9.11. The summed E-state index contributed by atoms with van der Waals surface area (Å²) < 4.78 is 10.5. The zero-order valence-corrected chi connectivity index (χ0v) is 9.11. The number of aliphatic hydroxyl groups is 2. The zero-order chi connectivity index (χ0) is 10.8. The first-order chi connectivity index (χ1) is 6.70. The van der Waals surface area contributed by atoms with Crippen molar-refractivity contribution in [3.63, 3.8) is 0 Å². The number of ether oxygens (including phenoxy) is 2. The fourth-order valence-electron chi connectivity index (χ4n) is 0.879. The van der Waals surface area contributed by atoms with Crippen LogP contribution in [0.15, 0.2) is 0 Å². The second-order valence-electron chi connectivity index (χ2n) is 3.44. The lowest BCUT2D eigenvalue weighted by atomic mass is 10.3. The summed E-state index contributed by atoms with van der Waals surface area (Å²) in [6.45, 7) is 5.11. The van der Waals surface area contributed by atoms with Crippen molar-refractivity contribution in [3.8, 4) is 0 Å². The van der Waals surface area contributed by atoms with Crippen LogP contribution in [0.4, 0.5) is 0 Å². The number of unbranched alkanes of at least 4 members (excludes halogenated alkanes) is 1. The molecular weight excluding hydrogens is 184 g/mol. The van der Waals surface area contributed by atoms with Crippen LogP contribution in [0.25, 0.3) is 0 Å². The van der Waals surface area contributed by atoms with Crippen molar-refractivity contribution >= 4 is 0 Å². The van der Waals surface area contributed by atoms with E-state index in [0.29, 0.717) is 13.2 Å². The van der Waals surface area contributed by atoms with Crippen LogP contribution in [0.3, 0.4) is 0 Å². The SMILES string of the molecule is CC(CO)OCCCCOC(C)CO. The second kappa shape index (κ2) is 9.40. The van der Waals surface area contributed by atoms with E-state index in [0.717, 1.165) is 12.8 Å². The maximum Gasteiger partial charge on any atom is 0.0777 e. The van der Waals surface area contributed by atoms with Gasteiger partial charge >= 0.3 is 0 Å². The van der Waals surface area contributed by atoms with Crippen molar-refractivity contribution in [3.05, 3.63) is 0 Å². The molecule has 0 radical (unpaired) electrons. The average Bonchev–Trinajstić information content (AvgIpc) is 2.22. The first-order valence-corrected chi connectivity index (χ1v) is 5.15. The van der Waals surface area contributed by atoms with Gasteiger partial charge in [0, 0.05) is 13.2 Å². The molecule has 0 rings (SSSR count). The average molecular weight is 206 g/mol. The molecule has 86 valence electrons. The molecule has 0 bridgehead atoms. The Morgan fingerprint density at radius 1 is 0.857 bits per heavy atom. The molecule has 0 heterocycles. The van der Waals surface area contributed by atoms with Crippen molar-refractivity contribution in [2.24, 2.45) is 0 Å². The van der Waals surface area contributed by atoms with E-state index < -0.39 is 0 Å². The third-order valence-corrected chi connectivity index (χ3v) is 1.86. The van der Waals surface area contributed by atoms with Gasteiger partial charge in [0.15, 0.2) is 0 Å². The summed E-state index contributed by atoms with van der Waals surface area (Å²) in [6.07, 6.45) is 1.69. The summed E-state index contributed by atoms with van der Waals surface area (Å²) in [5.74, 6) is 0. The molecule has 0 aromatic heterocycles. The molecule has 2 atom stereocenters. The molecule has 0 aliphatic rings. The number of hydrogen-bond donors (Lipinski definition) is 2. The minimum absolute atomic E-state index is 0.0675. The van der Waals surface area contributed by atoms with Crippen LogP contribution in [0.2, 0.25) is 0 Å². The van der Waals surface area contributed by atoms with Crippen LogP contribution in [0.5, 0.6) is 0 Å². The highest BCUT2D eigenvalue weighted by Gasteiger charge is 2.00. The van der Waals surface area contributed by atoms with E-state index in [2.05, 4.69) is 0 Å². The molecule has 14 heavy (non-hydrogen) atoms. The Morgan fingerprint density at radius 2 is 1.21 bits per heavy atom. The van der Waals surface area contributed by atoms with Gasteiger partial charge in [-0.15, -0.1) is 0 Å². The summed E-state index contributed by atoms with van der Waals surface area (Å²) in [5.41, 5.74) is 0. The fourth-order valence-corrected chi connectivity index (χ4v) is 0.879. The quantitative estimate of drug-likeness (QED) is 0.541. The molecule has 2 N–H and O–H groups in total. The molecule has 0 amide bonds. The summed E-state index contributed by atoms with van der Waals surface area (Å²) in [7, 11) is 0. The Bertz CT molecular complexity index is 105. The summed E-state index contributed by atoms with van der Waals surface area (Å²) >= 11 is 0. The standard InChI is InChI=1S/C10H22O4/c1-9(7-11)13-5-3-4-6-14-10(2)8-12/h9-12H,3-8H2,1-2H3. The van der Waals surface area contributed by atoms with Crippen molar-refractivity contribution in [2.45, 2.75) is 38.9 Å². The van der Waals surface area contributed by atoms with Crippen LogP contribution in [-0.2, 0) is 9.47 Å². The minimum atomic E-state index is -0.0766. The highest BCUT2D eigenvalue weighted by Crippen LogP contribution is 1.97. The van der Waals surface area contributed by atoms with Crippen LogP contribution in [-0.4, -0.2) is 48.8 Å². The lowest BCUT2D eigenvalue weighted by Crippen LogP contribution is -2.15. The lowest BCUT2D eigenvalue weighted by Gasteiger charge is -2.11. The van der Waals surface area contributed by atoms with Gasteiger partial charge in [0.1, 0.15) is 0 Å². The highest BCUT2D eigenvalue weighted by molar-refractivity contribution is 4.47. The lowest BCUT2D eigenvalue weighted by molar-refractivity contribution is 0.00610. The molecule has 0 aliphatic heterocycles. The molecule has 0 fully saturated rings. The molecule has 0 spiro atoms. The van der Waals surface area contributed by atoms with Gasteiger partial charge < -0.3 is 19.7 Å². The van der Waals surface area contributed by atoms with Crippen LogP contribution >= 0.6 is 0 Å². The molecule has 0 aliphatic carbocycles. The van der Waals surface area contributed by atoms with Gasteiger partial charge in [-0.1, -0.05) is 0 Å². The van der Waals surface area contributed by atoms with E-state index in [1.807, 2.05) is 13.8 Å². The van der Waals surface area contributed by atoms with Gasteiger partial charge in [0.2, 0.25) is 0 Å². The van der Waals surface area contributed by atoms with E-state index in [1.54, 1.807) is 0 Å². The van der Waals surface area contributed by atoms with Crippen LogP contribution in [0.1, 0.15) is 26.7 Å². The maximum absolute atomic E-state index is 8.66. The van der Waals surface area contributed by atoms with Gasteiger partial charge in [0.25, 0.3) is 0 Å².